The molecule has 0 aromatic heterocycles. The van der Waals surface area contributed by atoms with Gasteiger partial charge in [-0.15, -0.1) is 0 Å². The summed E-state index contributed by atoms with van der Waals surface area (Å²) in [6.45, 7) is 7.19. The first kappa shape index (κ1) is 12.8. The van der Waals surface area contributed by atoms with Crippen LogP contribution in [0.1, 0.15) is 38.7 Å². The molecule has 1 N–H and O–H groups in total. The van der Waals surface area contributed by atoms with Gasteiger partial charge in [-0.2, -0.15) is 0 Å². The topological polar surface area (TPSA) is 30.5 Å². The summed E-state index contributed by atoms with van der Waals surface area (Å²) >= 11 is 0. The van der Waals surface area contributed by atoms with Crippen molar-refractivity contribution in [2.45, 2.75) is 38.6 Å². The van der Waals surface area contributed by atoms with E-state index in [1.165, 1.54) is 18.4 Å². The van der Waals surface area contributed by atoms with E-state index in [-0.39, 0.29) is 5.54 Å². The molecule has 1 saturated heterocycles. The maximum absolute atomic E-state index is 5.82. The van der Waals surface area contributed by atoms with Gasteiger partial charge in [0.2, 0.25) is 0 Å². The van der Waals surface area contributed by atoms with Crippen molar-refractivity contribution in [3.05, 3.63) is 23.8 Å². The van der Waals surface area contributed by atoms with Gasteiger partial charge in [0.25, 0.3) is 0 Å². The minimum absolute atomic E-state index is 0.102. The van der Waals surface area contributed by atoms with Crippen molar-refractivity contribution in [2.75, 3.05) is 19.8 Å². The van der Waals surface area contributed by atoms with Crippen molar-refractivity contribution < 1.29 is 9.47 Å². The number of ether oxygens (including phenoxy) is 2. The lowest BCUT2D eigenvalue weighted by Crippen LogP contribution is -2.41. The van der Waals surface area contributed by atoms with Crippen LogP contribution in [0.5, 0.6) is 11.5 Å². The zero-order valence-electron chi connectivity index (χ0n) is 11.9. The molecule has 1 atom stereocenters. The van der Waals surface area contributed by atoms with Gasteiger partial charge in [-0.25, -0.2) is 0 Å². The summed E-state index contributed by atoms with van der Waals surface area (Å²) in [6.07, 6.45) is 3.40. The molecule has 0 radical (unpaired) electrons. The molecule has 19 heavy (non-hydrogen) atoms. The Morgan fingerprint density at radius 1 is 1.11 bits per heavy atom. The zero-order valence-corrected chi connectivity index (χ0v) is 11.9. The number of rotatable bonds is 2. The SMILES string of the molecule is CC(C)C1(c2ccc3c(c2)OCCCO3)CCCN1. The minimum Gasteiger partial charge on any atom is -0.490 e. The van der Waals surface area contributed by atoms with E-state index in [1.807, 2.05) is 0 Å². The summed E-state index contributed by atoms with van der Waals surface area (Å²) in [5.41, 5.74) is 1.44. The lowest BCUT2D eigenvalue weighted by molar-refractivity contribution is 0.274. The lowest BCUT2D eigenvalue weighted by atomic mass is 9.78. The minimum atomic E-state index is 0.102. The van der Waals surface area contributed by atoms with Crippen LogP contribution >= 0.6 is 0 Å². The number of hydrogen-bond donors (Lipinski definition) is 1. The van der Waals surface area contributed by atoms with Crippen molar-refractivity contribution in [1.29, 1.82) is 0 Å². The zero-order chi connectivity index (χ0) is 13.3. The molecule has 3 heteroatoms. The van der Waals surface area contributed by atoms with Gasteiger partial charge in [-0.3, -0.25) is 0 Å². The Bertz CT molecular complexity index is 450. The van der Waals surface area contributed by atoms with Gasteiger partial charge in [0.05, 0.1) is 13.2 Å². The van der Waals surface area contributed by atoms with Crippen LogP contribution in [0.2, 0.25) is 0 Å². The van der Waals surface area contributed by atoms with Gasteiger partial charge >= 0.3 is 0 Å². The quantitative estimate of drug-likeness (QED) is 0.887. The first-order valence-electron chi connectivity index (χ1n) is 7.37. The van der Waals surface area contributed by atoms with Crippen LogP contribution in [0.4, 0.5) is 0 Å². The maximum Gasteiger partial charge on any atom is 0.161 e. The normalized spacial score (nSPS) is 26.5. The second-order valence-corrected chi connectivity index (χ2v) is 5.87. The third-order valence-electron chi connectivity index (χ3n) is 4.44. The third kappa shape index (κ3) is 2.20. The molecule has 0 bridgehead atoms. The van der Waals surface area contributed by atoms with E-state index >= 15 is 0 Å². The molecule has 104 valence electrons. The van der Waals surface area contributed by atoms with Crippen molar-refractivity contribution >= 4 is 0 Å². The van der Waals surface area contributed by atoms with Crippen LogP contribution in [-0.2, 0) is 5.54 Å². The molecule has 1 unspecified atom stereocenters. The Labute approximate surface area is 115 Å². The molecule has 0 saturated carbocycles. The first-order chi connectivity index (χ1) is 9.22. The second kappa shape index (κ2) is 5.04. The van der Waals surface area contributed by atoms with Gasteiger partial charge in [-0.05, 0) is 43.0 Å². The van der Waals surface area contributed by atoms with Gasteiger partial charge in [0.15, 0.2) is 11.5 Å². The number of nitrogens with one attached hydrogen (secondary N) is 1. The third-order valence-corrected chi connectivity index (χ3v) is 4.44. The second-order valence-electron chi connectivity index (χ2n) is 5.87. The molecular formula is C16H23NO2. The molecule has 2 aliphatic heterocycles. The number of hydrogen-bond acceptors (Lipinski definition) is 3. The molecule has 0 amide bonds. The van der Waals surface area contributed by atoms with Gasteiger partial charge < -0.3 is 14.8 Å². The summed E-state index contributed by atoms with van der Waals surface area (Å²) in [7, 11) is 0. The summed E-state index contributed by atoms with van der Waals surface area (Å²) in [5, 5.41) is 3.71. The molecule has 1 aromatic carbocycles. The standard InChI is InChI=1S/C16H23NO2/c1-12(2)16(7-3-8-17-16)13-5-6-14-15(11-13)19-10-4-9-18-14/h5-6,11-12,17H,3-4,7-10H2,1-2H3. The van der Waals surface area contributed by atoms with E-state index in [2.05, 4.69) is 37.4 Å². The highest BCUT2D eigenvalue weighted by Gasteiger charge is 2.38. The molecular weight excluding hydrogens is 238 g/mol. The molecule has 1 fully saturated rings. The molecule has 3 rings (SSSR count). The van der Waals surface area contributed by atoms with Gasteiger partial charge in [0.1, 0.15) is 0 Å². The molecule has 0 aliphatic carbocycles. The highest BCUT2D eigenvalue weighted by molar-refractivity contribution is 5.46. The lowest BCUT2D eigenvalue weighted by Gasteiger charge is -2.35. The van der Waals surface area contributed by atoms with Crippen LogP contribution in [0, 0.1) is 5.92 Å². The number of benzene rings is 1. The summed E-state index contributed by atoms with van der Waals surface area (Å²) < 4.78 is 11.5. The van der Waals surface area contributed by atoms with Crippen LogP contribution in [0.15, 0.2) is 18.2 Å². The fraction of sp³-hybridized carbons (Fsp3) is 0.625. The predicted molar refractivity (Wildman–Crippen MR) is 75.8 cm³/mol. The van der Waals surface area contributed by atoms with Crippen LogP contribution in [-0.4, -0.2) is 19.8 Å². The summed E-state index contributed by atoms with van der Waals surface area (Å²) in [6, 6.07) is 6.45. The van der Waals surface area contributed by atoms with Crippen LogP contribution in [0.25, 0.3) is 0 Å². The van der Waals surface area contributed by atoms with Crippen molar-refractivity contribution in [3.63, 3.8) is 0 Å². The smallest absolute Gasteiger partial charge is 0.161 e. The van der Waals surface area contributed by atoms with Crippen molar-refractivity contribution in [1.82, 2.24) is 5.32 Å². The fourth-order valence-electron chi connectivity index (χ4n) is 3.28. The van der Waals surface area contributed by atoms with Crippen molar-refractivity contribution in [3.8, 4) is 11.5 Å². The number of fused-ring (bicyclic) bond motifs is 1. The van der Waals surface area contributed by atoms with E-state index in [4.69, 9.17) is 9.47 Å². The van der Waals surface area contributed by atoms with E-state index in [1.54, 1.807) is 0 Å². The molecule has 1 aromatic rings. The van der Waals surface area contributed by atoms with Gasteiger partial charge in [-0.1, -0.05) is 19.9 Å². The Kier molecular flexibility index (Phi) is 3.40. The average molecular weight is 261 g/mol. The van der Waals surface area contributed by atoms with Crippen LogP contribution < -0.4 is 14.8 Å². The summed E-state index contributed by atoms with van der Waals surface area (Å²) in [4.78, 5) is 0. The van der Waals surface area contributed by atoms with E-state index in [0.29, 0.717) is 5.92 Å². The molecule has 2 aliphatic rings. The Morgan fingerprint density at radius 3 is 2.58 bits per heavy atom. The molecule has 2 heterocycles. The Hall–Kier alpha value is -1.22. The summed E-state index contributed by atoms with van der Waals surface area (Å²) in [5.74, 6) is 2.36. The van der Waals surface area contributed by atoms with Gasteiger partial charge in [0, 0.05) is 12.0 Å². The highest BCUT2D eigenvalue weighted by Crippen LogP contribution is 2.41. The van der Waals surface area contributed by atoms with Crippen LogP contribution in [0.3, 0.4) is 0 Å². The van der Waals surface area contributed by atoms with E-state index in [0.717, 1.165) is 37.7 Å². The van der Waals surface area contributed by atoms with E-state index < -0.39 is 0 Å². The molecule has 0 spiro atoms. The Balaban J connectivity index is 1.98. The monoisotopic (exact) mass is 261 g/mol. The predicted octanol–water partition coefficient (Wildman–Crippen LogP) is 3.08. The van der Waals surface area contributed by atoms with Crippen molar-refractivity contribution in [2.24, 2.45) is 5.92 Å². The fourth-order valence-corrected chi connectivity index (χ4v) is 3.28. The highest BCUT2D eigenvalue weighted by atomic mass is 16.5. The average Bonchev–Trinajstić information content (AvgIpc) is 2.79. The largest absolute Gasteiger partial charge is 0.490 e. The molecule has 3 nitrogen and oxygen atoms in total. The maximum atomic E-state index is 5.82. The Morgan fingerprint density at radius 2 is 1.89 bits per heavy atom. The first-order valence-corrected chi connectivity index (χ1v) is 7.37. The van der Waals surface area contributed by atoms with E-state index in [9.17, 15) is 0 Å².